The molecule has 0 unspecified atom stereocenters. The summed E-state index contributed by atoms with van der Waals surface area (Å²) in [5, 5.41) is 0. The predicted octanol–water partition coefficient (Wildman–Crippen LogP) is 11.5. The number of halogens is 2. The predicted molar refractivity (Wildman–Crippen MR) is 217 cm³/mol. The lowest BCUT2D eigenvalue weighted by Crippen LogP contribution is -2.23. The Kier molecular flexibility index (Phi) is 23.1. The second-order valence-electron chi connectivity index (χ2n) is 10.1. The Balaban J connectivity index is 0. The summed E-state index contributed by atoms with van der Waals surface area (Å²) >= 11 is 4.59. The van der Waals surface area contributed by atoms with Gasteiger partial charge in [-0.25, -0.2) is 0 Å². The molecule has 6 nitrogen and oxygen atoms in total. The Labute approximate surface area is 306 Å². The number of nitrogen functional groups attached to an aromatic ring is 2. The van der Waals surface area contributed by atoms with Gasteiger partial charge in [-0.15, -0.1) is 0 Å². The van der Waals surface area contributed by atoms with Crippen LogP contribution in [0.15, 0.2) is 97.1 Å². The van der Waals surface area contributed by atoms with E-state index >= 15 is 0 Å². The smallest absolute Gasteiger partial charge is 0.142 e. The highest BCUT2D eigenvalue weighted by Crippen LogP contribution is 2.26. The molecule has 0 amide bonds. The first-order chi connectivity index (χ1) is 20.1. The van der Waals surface area contributed by atoms with Crippen LogP contribution in [0.4, 0.5) is 11.4 Å². The first-order valence-corrected chi connectivity index (χ1v) is 16.1. The van der Waals surface area contributed by atoms with Crippen LogP contribution in [0, 0.1) is 7.14 Å². The van der Waals surface area contributed by atoms with Crippen LogP contribution >= 0.6 is 45.2 Å². The molecule has 0 aliphatic heterocycles. The summed E-state index contributed by atoms with van der Waals surface area (Å²) in [7, 11) is 0. The minimum Gasteiger partial charge on any atom is -0.489 e. The van der Waals surface area contributed by atoms with Gasteiger partial charge in [0.05, 0.1) is 42.9 Å². The number of hydrogen-bond donors (Lipinski definition) is 2. The summed E-state index contributed by atoms with van der Waals surface area (Å²) in [5.74, 6) is 3.28. The number of anilines is 2. The zero-order valence-electron chi connectivity index (χ0n) is 24.5. The molecular weight excluding hydrogens is 802 g/mol. The van der Waals surface area contributed by atoms with Crippen molar-refractivity contribution in [1.29, 1.82) is 0 Å². The molecule has 46 heavy (non-hydrogen) atoms. The van der Waals surface area contributed by atoms with Crippen LogP contribution in [-0.4, -0.2) is 24.4 Å². The van der Waals surface area contributed by atoms with Crippen LogP contribution in [0.25, 0.3) is 0 Å². The highest BCUT2D eigenvalue weighted by molar-refractivity contribution is 14.1. The van der Waals surface area contributed by atoms with Gasteiger partial charge in [0.25, 0.3) is 0 Å². The van der Waals surface area contributed by atoms with E-state index in [0.29, 0.717) is 22.9 Å². The normalized spacial score (nSPS) is 12.3. The van der Waals surface area contributed by atoms with Crippen molar-refractivity contribution in [2.24, 2.45) is 0 Å². The van der Waals surface area contributed by atoms with Gasteiger partial charge in [0.15, 0.2) is 0 Å². The molecule has 4 aromatic carbocycles. The lowest BCUT2D eigenvalue weighted by atomic mass is 10.2. The van der Waals surface area contributed by atoms with Crippen molar-refractivity contribution in [3.8, 4) is 23.0 Å². The number of benzene rings is 4. The lowest BCUT2D eigenvalue weighted by Gasteiger charge is -2.21. The first-order valence-electron chi connectivity index (χ1n) is 14.0. The molecule has 0 aliphatic carbocycles. The van der Waals surface area contributed by atoms with Gasteiger partial charge >= 0.3 is 0 Å². The first kappa shape index (κ1) is 45.3. The summed E-state index contributed by atoms with van der Waals surface area (Å²) in [6.45, 7) is 8.17. The van der Waals surface area contributed by atoms with E-state index in [2.05, 4.69) is 71.2 Å². The number of ether oxygens (including phenoxy) is 4. The Morgan fingerprint density at radius 1 is 0.435 bits per heavy atom. The average Bonchev–Trinajstić information content (AvgIpc) is 2.94. The number of hydrogen-bond acceptors (Lipinski definition) is 6. The van der Waals surface area contributed by atoms with E-state index in [1.54, 1.807) is 0 Å². The third-order valence-corrected chi connectivity index (χ3v) is 7.93. The van der Waals surface area contributed by atoms with E-state index in [9.17, 15) is 0 Å². The maximum Gasteiger partial charge on any atom is 0.142 e. The average molecular weight is 859 g/mol. The highest BCUT2D eigenvalue weighted by Gasteiger charge is 2.15. The lowest BCUT2D eigenvalue weighted by molar-refractivity contribution is 0.129. The van der Waals surface area contributed by atoms with Crippen LogP contribution in [0.3, 0.4) is 0 Å². The maximum absolute atomic E-state index is 5.99. The van der Waals surface area contributed by atoms with Crippen molar-refractivity contribution in [3.05, 3.63) is 104 Å². The quantitative estimate of drug-likeness (QED) is 0.109. The van der Waals surface area contributed by atoms with Gasteiger partial charge in [-0.05, 0) is 121 Å². The van der Waals surface area contributed by atoms with Crippen molar-refractivity contribution >= 4 is 56.6 Å². The molecule has 0 saturated heterocycles. The van der Waals surface area contributed by atoms with Crippen LogP contribution < -0.4 is 30.4 Å². The van der Waals surface area contributed by atoms with Crippen molar-refractivity contribution in [2.45, 2.75) is 94.7 Å². The van der Waals surface area contributed by atoms with E-state index in [4.69, 9.17) is 30.4 Å². The molecule has 0 saturated carbocycles. The summed E-state index contributed by atoms with van der Waals surface area (Å²) in [5.41, 5.74) is 13.0. The highest BCUT2D eigenvalue weighted by atomic mass is 127. The van der Waals surface area contributed by atoms with Gasteiger partial charge < -0.3 is 30.4 Å². The number of rotatable bonds is 12. The minimum absolute atomic E-state index is 0. The third-order valence-electron chi connectivity index (χ3n) is 6.15. The Morgan fingerprint density at radius 2 is 0.674 bits per heavy atom. The molecular formula is C38H56I2N2O4. The third kappa shape index (κ3) is 15.6. The molecule has 0 aromatic heterocycles. The molecule has 4 aromatic rings. The molecule has 0 heterocycles. The van der Waals surface area contributed by atoms with Crippen molar-refractivity contribution in [3.63, 3.8) is 0 Å². The fourth-order valence-electron chi connectivity index (χ4n) is 4.25. The maximum atomic E-state index is 5.99. The van der Waals surface area contributed by atoms with E-state index in [-0.39, 0.29) is 54.1 Å². The van der Waals surface area contributed by atoms with Crippen molar-refractivity contribution < 1.29 is 18.9 Å². The molecule has 0 aliphatic rings. The van der Waals surface area contributed by atoms with Crippen LogP contribution in [0.5, 0.6) is 23.0 Å². The van der Waals surface area contributed by atoms with E-state index < -0.39 is 0 Å². The molecule has 4 rings (SSSR count). The zero-order valence-corrected chi connectivity index (χ0v) is 28.8. The van der Waals surface area contributed by atoms with E-state index in [1.807, 2.05) is 98.8 Å². The Bertz CT molecular complexity index is 1180. The van der Waals surface area contributed by atoms with Crippen molar-refractivity contribution in [2.75, 3.05) is 11.5 Å². The summed E-state index contributed by atoms with van der Waals surface area (Å²) in [4.78, 5) is 0. The topological polar surface area (TPSA) is 89.0 Å². The van der Waals surface area contributed by atoms with Gasteiger partial charge in [-0.1, -0.05) is 78.2 Å². The molecule has 0 spiro atoms. The number of nitrogens with two attached hydrogens (primary N) is 2. The van der Waals surface area contributed by atoms with Gasteiger partial charge in [0, 0.05) is 12.8 Å². The van der Waals surface area contributed by atoms with Crippen LogP contribution in [0.2, 0.25) is 0 Å². The van der Waals surface area contributed by atoms with Gasteiger partial charge in [0.1, 0.15) is 23.0 Å². The van der Waals surface area contributed by atoms with Crippen LogP contribution in [0.1, 0.15) is 70.2 Å². The summed E-state index contributed by atoms with van der Waals surface area (Å²) < 4.78 is 25.9. The molecule has 8 heteroatoms. The fourth-order valence-corrected chi connectivity index (χ4v) is 5.28. The fraction of sp³-hybridized carbons (Fsp3) is 0.368. The summed E-state index contributed by atoms with van der Waals surface area (Å²) in [6.07, 6.45) is 1.79. The molecule has 256 valence electrons. The molecule has 0 bridgehead atoms. The second-order valence-corrected chi connectivity index (χ2v) is 12.4. The number of para-hydroxylation sites is 6. The molecule has 0 radical (unpaired) electrons. The second kappa shape index (κ2) is 23.5. The summed E-state index contributed by atoms with van der Waals surface area (Å²) in [6, 6.07) is 31.1. The van der Waals surface area contributed by atoms with Gasteiger partial charge in [-0.3, -0.25) is 0 Å². The Morgan fingerprint density at radius 3 is 0.957 bits per heavy atom. The van der Waals surface area contributed by atoms with E-state index in [0.717, 1.165) is 31.5 Å². The van der Waals surface area contributed by atoms with Gasteiger partial charge in [0.2, 0.25) is 0 Å². The van der Waals surface area contributed by atoms with Crippen molar-refractivity contribution in [1.82, 2.24) is 0 Å². The van der Waals surface area contributed by atoms with Crippen LogP contribution in [-0.2, 0) is 0 Å². The van der Waals surface area contributed by atoms with E-state index in [1.165, 1.54) is 0 Å². The zero-order chi connectivity index (χ0) is 30.5. The standard InChI is InChI=1S/C17H18I2O2.C17H22N2O2.4CH4/c2*1-12(20-16-9-5-3-7-14(16)18)11-13(2)21-17-10-6-4-8-15(17)19;;;;/h3-10,12-13H,11H2,1-2H3;3-10,12-13H,11,18-19H2,1-2H3;4*1H4/t2*12-,13-;;;;/m11..../s1. The minimum atomic E-state index is -0.00497. The molecule has 4 N–H and O–H groups in total. The Hall–Kier alpha value is -2.86. The molecule has 4 atom stereocenters. The SMILES string of the molecule is C.C.C.C.C[C@H](C[C@@H](C)Oc1ccccc1I)Oc1ccccc1I.C[C@H](C[C@@H](C)Oc1ccccc1N)Oc1ccccc1N. The molecule has 0 fully saturated rings. The van der Waals surface area contributed by atoms with Gasteiger partial charge in [-0.2, -0.15) is 0 Å². The largest absolute Gasteiger partial charge is 0.489 e. The monoisotopic (exact) mass is 858 g/mol.